The molecule has 1 aromatic heterocycles. The van der Waals surface area contributed by atoms with Gasteiger partial charge in [-0.1, -0.05) is 39.8 Å². The van der Waals surface area contributed by atoms with E-state index in [1.165, 1.54) is 26.2 Å². The summed E-state index contributed by atoms with van der Waals surface area (Å²) >= 11 is 0. The van der Waals surface area contributed by atoms with Crippen molar-refractivity contribution in [3.8, 4) is 0 Å². The van der Waals surface area contributed by atoms with E-state index in [0.717, 1.165) is 12.7 Å². The van der Waals surface area contributed by atoms with Crippen LogP contribution < -0.4 is 0 Å². The maximum atomic E-state index is 14.6. The number of Topliss-reactive ketones (excluding diaryl/α,β-unsaturated/α-hetero) is 1. The third-order valence-electron chi connectivity index (χ3n) is 10.5. The lowest BCUT2D eigenvalue weighted by Gasteiger charge is -2.63. The van der Waals surface area contributed by atoms with Crippen molar-refractivity contribution in [3.05, 3.63) is 59.3 Å². The third-order valence-corrected chi connectivity index (χ3v) is 10.5. The molecule has 0 amide bonds. The van der Waals surface area contributed by atoms with E-state index < -0.39 is 80.9 Å². The molecule has 1 aromatic rings. The normalized spacial score (nSPS) is 38.2. The molecule has 1 fully saturated rings. The molecule has 0 radical (unpaired) electrons. The Morgan fingerprint density at radius 3 is 2.33 bits per heavy atom. The molecule has 10 heteroatoms. The second kappa shape index (κ2) is 9.79. The highest BCUT2D eigenvalue weighted by molar-refractivity contribution is 6.16. The first-order chi connectivity index (χ1) is 20.0. The molecule has 1 N–H and O–H groups in total. The topological polar surface area (TPSA) is 146 Å². The van der Waals surface area contributed by atoms with Crippen LogP contribution in [0.2, 0.25) is 0 Å². The van der Waals surface area contributed by atoms with Gasteiger partial charge in [0.05, 0.1) is 31.0 Å². The zero-order valence-electron chi connectivity index (χ0n) is 25.7. The standard InChI is InChI=1S/C33H38O10/c1-16(2)28(38)43-27-23(42-17(3)34)25-30(4)13-11-21(35)33(7,29(39)40-8)24(30)22(36)26(37)32(25,6)20-10-9-19(31(20,27)5)18-12-14-41-15-18/h10-16,19,23,25,27,36H,9H2,1-8H3/t19-,23+,25+,27-,30-,31-,32-,33-/m0/s1. The minimum atomic E-state index is -2.03. The van der Waals surface area contributed by atoms with Gasteiger partial charge in [-0.15, -0.1) is 0 Å². The van der Waals surface area contributed by atoms with Gasteiger partial charge in [-0.2, -0.15) is 0 Å². The number of fused-ring (bicyclic) bond motifs is 5. The van der Waals surface area contributed by atoms with Crippen LogP contribution in [0, 0.1) is 33.5 Å². The summed E-state index contributed by atoms with van der Waals surface area (Å²) in [6.07, 6.45) is 6.00. The first-order valence-corrected chi connectivity index (χ1v) is 14.4. The number of carbonyl (C=O) groups excluding carboxylic acids is 5. The van der Waals surface area contributed by atoms with Gasteiger partial charge in [-0.3, -0.25) is 24.0 Å². The lowest BCUT2D eigenvalue weighted by atomic mass is 9.40. The summed E-state index contributed by atoms with van der Waals surface area (Å²) in [5.41, 5.74) is -4.73. The lowest BCUT2D eigenvalue weighted by molar-refractivity contribution is -0.209. The fourth-order valence-corrected chi connectivity index (χ4v) is 8.63. The van der Waals surface area contributed by atoms with Crippen LogP contribution in [-0.4, -0.2) is 53.9 Å². The lowest BCUT2D eigenvalue weighted by Crippen LogP contribution is -2.70. The fourth-order valence-electron chi connectivity index (χ4n) is 8.63. The second-order valence-corrected chi connectivity index (χ2v) is 13.2. The smallest absolute Gasteiger partial charge is 0.323 e. The zero-order valence-corrected chi connectivity index (χ0v) is 25.7. The summed E-state index contributed by atoms with van der Waals surface area (Å²) in [6, 6.07) is 1.81. The summed E-state index contributed by atoms with van der Waals surface area (Å²) < 4.78 is 22.8. The SMILES string of the molecule is COC(=O)[C@@]1(C)C(=O)C=C[C@@]2(C)C1=C(O)C(=O)[C@@]1(C)C3=CC[C@@H](c4ccoc4)[C@]3(C)[C@@H](OC(=O)C(C)C)[C@H](OC(C)=O)[C@@H]12. The summed E-state index contributed by atoms with van der Waals surface area (Å²) in [5.74, 6) is -6.09. The van der Waals surface area contributed by atoms with Crippen molar-refractivity contribution >= 4 is 29.5 Å². The van der Waals surface area contributed by atoms with Crippen LogP contribution in [0.5, 0.6) is 0 Å². The van der Waals surface area contributed by atoms with Gasteiger partial charge in [0.1, 0.15) is 12.2 Å². The Morgan fingerprint density at radius 1 is 1.09 bits per heavy atom. The fraction of sp³-hybridized carbons (Fsp3) is 0.545. The highest BCUT2D eigenvalue weighted by atomic mass is 16.6. The molecule has 0 saturated heterocycles. The number of ether oxygens (including phenoxy) is 3. The number of aliphatic hydroxyl groups excluding tert-OH is 1. The maximum Gasteiger partial charge on any atom is 0.323 e. The van der Waals surface area contributed by atoms with Crippen LogP contribution in [0.25, 0.3) is 0 Å². The molecule has 8 atom stereocenters. The molecule has 0 bridgehead atoms. The molecule has 0 aliphatic heterocycles. The summed E-state index contributed by atoms with van der Waals surface area (Å²) in [6.45, 7) is 11.2. The Kier molecular flexibility index (Phi) is 6.94. The van der Waals surface area contributed by atoms with E-state index in [-0.39, 0.29) is 11.5 Å². The van der Waals surface area contributed by atoms with E-state index >= 15 is 0 Å². The summed E-state index contributed by atoms with van der Waals surface area (Å²) in [7, 11) is 1.12. The molecule has 1 heterocycles. The number of furan rings is 1. The molecule has 4 aliphatic rings. The minimum Gasteiger partial charge on any atom is -0.504 e. The third kappa shape index (κ3) is 3.80. The molecular formula is C33H38O10. The van der Waals surface area contributed by atoms with E-state index in [1.807, 2.05) is 13.0 Å². The Balaban J connectivity index is 1.86. The number of hydrogen-bond acceptors (Lipinski definition) is 10. The number of aliphatic hydroxyl groups is 1. The highest BCUT2D eigenvalue weighted by Gasteiger charge is 2.75. The molecule has 1 saturated carbocycles. The monoisotopic (exact) mass is 594 g/mol. The van der Waals surface area contributed by atoms with Crippen molar-refractivity contribution < 1.29 is 47.7 Å². The number of allylic oxidation sites excluding steroid dienone is 4. The van der Waals surface area contributed by atoms with Crippen LogP contribution in [-0.2, 0) is 38.2 Å². The predicted octanol–water partition coefficient (Wildman–Crippen LogP) is 4.55. The van der Waals surface area contributed by atoms with Crippen LogP contribution in [0.15, 0.2) is 58.1 Å². The predicted molar refractivity (Wildman–Crippen MR) is 151 cm³/mol. The van der Waals surface area contributed by atoms with Crippen molar-refractivity contribution in [2.24, 2.45) is 33.5 Å². The molecule has 0 spiro atoms. The second-order valence-electron chi connectivity index (χ2n) is 13.2. The van der Waals surface area contributed by atoms with Gasteiger partial charge < -0.3 is 23.7 Å². The van der Waals surface area contributed by atoms with Gasteiger partial charge in [0.15, 0.2) is 17.0 Å². The first-order valence-electron chi connectivity index (χ1n) is 14.4. The summed E-state index contributed by atoms with van der Waals surface area (Å²) in [4.78, 5) is 67.3. The minimum absolute atomic E-state index is 0.133. The van der Waals surface area contributed by atoms with Gasteiger partial charge in [0.25, 0.3) is 0 Å². The number of hydrogen-bond donors (Lipinski definition) is 1. The molecular weight excluding hydrogens is 556 g/mol. The first kappa shape index (κ1) is 30.5. The van der Waals surface area contributed by atoms with E-state index in [0.29, 0.717) is 12.0 Å². The molecule has 10 nitrogen and oxygen atoms in total. The number of ketones is 2. The van der Waals surface area contributed by atoms with Crippen molar-refractivity contribution in [1.82, 2.24) is 0 Å². The van der Waals surface area contributed by atoms with Gasteiger partial charge in [0.2, 0.25) is 5.78 Å². The molecule has 43 heavy (non-hydrogen) atoms. The van der Waals surface area contributed by atoms with Crippen LogP contribution in [0.4, 0.5) is 0 Å². The van der Waals surface area contributed by atoms with E-state index in [1.54, 1.807) is 46.1 Å². The Hall–Kier alpha value is -3.95. The Labute approximate surface area is 250 Å². The number of methoxy groups -OCH3 is 1. The number of esters is 3. The van der Waals surface area contributed by atoms with Crippen molar-refractivity contribution in [2.45, 2.75) is 73.0 Å². The quantitative estimate of drug-likeness (QED) is 0.223. The van der Waals surface area contributed by atoms with Crippen molar-refractivity contribution in [2.75, 3.05) is 7.11 Å². The average molecular weight is 595 g/mol. The molecule has 5 rings (SSSR count). The molecule has 230 valence electrons. The molecule has 0 unspecified atom stereocenters. The summed E-state index contributed by atoms with van der Waals surface area (Å²) in [5, 5.41) is 11.7. The maximum absolute atomic E-state index is 14.6. The number of carbonyl (C=O) groups is 5. The molecule has 4 aliphatic carbocycles. The average Bonchev–Trinajstić information content (AvgIpc) is 3.59. The van der Waals surface area contributed by atoms with Crippen LogP contribution in [0.3, 0.4) is 0 Å². The van der Waals surface area contributed by atoms with Gasteiger partial charge in [-0.25, -0.2) is 0 Å². The largest absolute Gasteiger partial charge is 0.504 e. The van der Waals surface area contributed by atoms with E-state index in [2.05, 4.69) is 0 Å². The van der Waals surface area contributed by atoms with Crippen LogP contribution >= 0.6 is 0 Å². The Bertz CT molecular complexity index is 1510. The zero-order chi connectivity index (χ0) is 31.9. The van der Waals surface area contributed by atoms with E-state index in [9.17, 15) is 29.1 Å². The molecule has 0 aromatic carbocycles. The van der Waals surface area contributed by atoms with Crippen LogP contribution in [0.1, 0.15) is 66.4 Å². The Morgan fingerprint density at radius 2 is 1.77 bits per heavy atom. The highest BCUT2D eigenvalue weighted by Crippen LogP contribution is 2.72. The van der Waals surface area contributed by atoms with Gasteiger partial charge >= 0.3 is 17.9 Å². The van der Waals surface area contributed by atoms with E-state index in [4.69, 9.17) is 18.6 Å². The van der Waals surface area contributed by atoms with Gasteiger partial charge in [0, 0.05) is 35.2 Å². The van der Waals surface area contributed by atoms with Gasteiger partial charge in [-0.05, 0) is 43.5 Å². The van der Waals surface area contributed by atoms with Crippen molar-refractivity contribution in [1.29, 1.82) is 0 Å². The van der Waals surface area contributed by atoms with Crippen molar-refractivity contribution in [3.63, 3.8) is 0 Å². The number of rotatable bonds is 5.